The third kappa shape index (κ3) is 1.79. The van der Waals surface area contributed by atoms with Crippen molar-refractivity contribution < 1.29 is 0 Å². The van der Waals surface area contributed by atoms with Gasteiger partial charge in [0.15, 0.2) is 0 Å². The van der Waals surface area contributed by atoms with Crippen LogP contribution >= 0.6 is 15.9 Å². The Morgan fingerprint density at radius 1 is 1.43 bits per heavy atom. The van der Waals surface area contributed by atoms with E-state index in [0.717, 1.165) is 13.0 Å². The summed E-state index contributed by atoms with van der Waals surface area (Å²) in [5.41, 5.74) is 2.68. The van der Waals surface area contributed by atoms with Gasteiger partial charge < -0.3 is 10.2 Å². The van der Waals surface area contributed by atoms with E-state index < -0.39 is 0 Å². The SMILES string of the molecule is CN(C)C1CNc2cccc(Br)c2C1. The summed E-state index contributed by atoms with van der Waals surface area (Å²) in [5, 5.41) is 3.46. The fourth-order valence-electron chi connectivity index (χ4n) is 1.83. The Labute approximate surface area is 93.4 Å². The van der Waals surface area contributed by atoms with Gasteiger partial charge in [0.25, 0.3) is 0 Å². The highest BCUT2D eigenvalue weighted by molar-refractivity contribution is 9.10. The minimum Gasteiger partial charge on any atom is -0.383 e. The number of nitrogens with one attached hydrogen (secondary N) is 1. The quantitative estimate of drug-likeness (QED) is 0.828. The van der Waals surface area contributed by atoms with Crippen molar-refractivity contribution in [3.63, 3.8) is 0 Å². The summed E-state index contributed by atoms with van der Waals surface area (Å²) >= 11 is 3.60. The van der Waals surface area contributed by atoms with Crippen molar-refractivity contribution in [2.45, 2.75) is 12.5 Å². The number of hydrogen-bond acceptors (Lipinski definition) is 2. The predicted octanol–water partition coefficient (Wildman–Crippen LogP) is 2.35. The molecule has 0 aromatic heterocycles. The fourth-order valence-corrected chi connectivity index (χ4v) is 2.36. The molecule has 1 heterocycles. The second-order valence-corrected chi connectivity index (χ2v) is 4.82. The third-order valence-electron chi connectivity index (χ3n) is 2.82. The first kappa shape index (κ1) is 9.99. The zero-order valence-electron chi connectivity index (χ0n) is 8.55. The lowest BCUT2D eigenvalue weighted by Crippen LogP contribution is -2.39. The van der Waals surface area contributed by atoms with Gasteiger partial charge in [-0.25, -0.2) is 0 Å². The van der Waals surface area contributed by atoms with Gasteiger partial charge in [-0.2, -0.15) is 0 Å². The molecular weight excluding hydrogens is 240 g/mol. The van der Waals surface area contributed by atoms with Gasteiger partial charge in [-0.15, -0.1) is 0 Å². The highest BCUT2D eigenvalue weighted by Gasteiger charge is 2.20. The Kier molecular flexibility index (Phi) is 2.79. The van der Waals surface area contributed by atoms with Gasteiger partial charge in [-0.3, -0.25) is 0 Å². The number of benzene rings is 1. The van der Waals surface area contributed by atoms with E-state index in [4.69, 9.17) is 0 Å². The largest absolute Gasteiger partial charge is 0.383 e. The van der Waals surface area contributed by atoms with Crippen LogP contribution in [0.5, 0.6) is 0 Å². The Bertz CT molecular complexity index is 336. The zero-order chi connectivity index (χ0) is 10.1. The molecule has 0 fully saturated rings. The molecule has 1 aromatic carbocycles. The second kappa shape index (κ2) is 3.91. The number of fused-ring (bicyclic) bond motifs is 1. The van der Waals surface area contributed by atoms with Crippen LogP contribution in [0.15, 0.2) is 22.7 Å². The van der Waals surface area contributed by atoms with Crippen LogP contribution in [-0.2, 0) is 6.42 Å². The number of anilines is 1. The molecule has 0 saturated carbocycles. The first-order valence-corrected chi connectivity index (χ1v) is 5.65. The van der Waals surface area contributed by atoms with Crippen LogP contribution < -0.4 is 5.32 Å². The number of halogens is 1. The molecule has 76 valence electrons. The first-order chi connectivity index (χ1) is 6.68. The maximum atomic E-state index is 3.60. The number of rotatable bonds is 1. The van der Waals surface area contributed by atoms with E-state index in [9.17, 15) is 0 Å². The molecule has 1 unspecified atom stereocenters. The normalized spacial score (nSPS) is 20.4. The molecule has 3 heteroatoms. The Hall–Kier alpha value is -0.540. The number of likely N-dealkylation sites (N-methyl/N-ethyl adjacent to an activating group) is 1. The summed E-state index contributed by atoms with van der Waals surface area (Å²) in [5.74, 6) is 0. The molecule has 1 aromatic rings. The molecule has 0 amide bonds. The minimum absolute atomic E-state index is 0.598. The highest BCUT2D eigenvalue weighted by atomic mass is 79.9. The van der Waals surface area contributed by atoms with Crippen molar-refractivity contribution in [2.24, 2.45) is 0 Å². The molecule has 0 spiro atoms. The molecular formula is C11H15BrN2. The lowest BCUT2D eigenvalue weighted by atomic mass is 9.99. The van der Waals surface area contributed by atoms with Gasteiger partial charge in [0, 0.05) is 22.7 Å². The Morgan fingerprint density at radius 3 is 2.93 bits per heavy atom. The summed E-state index contributed by atoms with van der Waals surface area (Å²) in [6, 6.07) is 6.93. The van der Waals surface area contributed by atoms with Gasteiger partial charge in [0.1, 0.15) is 0 Å². The van der Waals surface area contributed by atoms with E-state index in [1.807, 2.05) is 0 Å². The van der Waals surface area contributed by atoms with Crippen LogP contribution in [0, 0.1) is 0 Å². The molecule has 0 aliphatic carbocycles. The van der Waals surface area contributed by atoms with Gasteiger partial charge in [0.05, 0.1) is 0 Å². The Morgan fingerprint density at radius 2 is 2.21 bits per heavy atom. The molecule has 1 aliphatic heterocycles. The van der Waals surface area contributed by atoms with E-state index in [0.29, 0.717) is 6.04 Å². The topological polar surface area (TPSA) is 15.3 Å². The average Bonchev–Trinajstić information content (AvgIpc) is 2.18. The average molecular weight is 255 g/mol. The first-order valence-electron chi connectivity index (χ1n) is 4.86. The molecule has 14 heavy (non-hydrogen) atoms. The van der Waals surface area contributed by atoms with Gasteiger partial charge in [-0.05, 0) is 38.2 Å². The third-order valence-corrected chi connectivity index (χ3v) is 3.56. The van der Waals surface area contributed by atoms with E-state index in [-0.39, 0.29) is 0 Å². The van der Waals surface area contributed by atoms with E-state index >= 15 is 0 Å². The van der Waals surface area contributed by atoms with Crippen molar-refractivity contribution in [1.82, 2.24) is 4.90 Å². The van der Waals surface area contributed by atoms with Crippen molar-refractivity contribution in [3.05, 3.63) is 28.2 Å². The molecule has 0 radical (unpaired) electrons. The van der Waals surface area contributed by atoms with Crippen molar-refractivity contribution >= 4 is 21.6 Å². The molecule has 0 saturated heterocycles. The summed E-state index contributed by atoms with van der Waals surface area (Å²) in [7, 11) is 4.27. The fraction of sp³-hybridized carbons (Fsp3) is 0.455. The lowest BCUT2D eigenvalue weighted by molar-refractivity contribution is 0.299. The summed E-state index contributed by atoms with van der Waals surface area (Å²) < 4.78 is 1.22. The monoisotopic (exact) mass is 254 g/mol. The lowest BCUT2D eigenvalue weighted by Gasteiger charge is -2.31. The van der Waals surface area contributed by atoms with Gasteiger partial charge in [-0.1, -0.05) is 22.0 Å². The van der Waals surface area contributed by atoms with Gasteiger partial charge in [0.2, 0.25) is 0 Å². The molecule has 0 bridgehead atoms. The maximum absolute atomic E-state index is 3.60. The molecule has 1 atom stereocenters. The van der Waals surface area contributed by atoms with Crippen LogP contribution in [0.4, 0.5) is 5.69 Å². The predicted molar refractivity (Wildman–Crippen MR) is 63.8 cm³/mol. The maximum Gasteiger partial charge on any atom is 0.0385 e. The summed E-state index contributed by atoms with van der Waals surface area (Å²) in [6.45, 7) is 1.04. The molecule has 1 N–H and O–H groups in total. The second-order valence-electron chi connectivity index (χ2n) is 3.97. The zero-order valence-corrected chi connectivity index (χ0v) is 10.1. The van der Waals surface area contributed by atoms with E-state index in [1.54, 1.807) is 0 Å². The van der Waals surface area contributed by atoms with Crippen molar-refractivity contribution in [1.29, 1.82) is 0 Å². The van der Waals surface area contributed by atoms with Crippen molar-refractivity contribution in [3.8, 4) is 0 Å². The smallest absolute Gasteiger partial charge is 0.0385 e. The minimum atomic E-state index is 0.598. The van der Waals surface area contributed by atoms with Crippen LogP contribution in [0.1, 0.15) is 5.56 Å². The van der Waals surface area contributed by atoms with Crippen LogP contribution in [0.25, 0.3) is 0 Å². The summed E-state index contributed by atoms with van der Waals surface area (Å²) in [4.78, 5) is 2.27. The van der Waals surface area contributed by atoms with Crippen LogP contribution in [-0.4, -0.2) is 31.6 Å². The Balaban J connectivity index is 2.29. The van der Waals surface area contributed by atoms with E-state index in [2.05, 4.69) is 58.4 Å². The highest BCUT2D eigenvalue weighted by Crippen LogP contribution is 2.29. The van der Waals surface area contributed by atoms with E-state index in [1.165, 1.54) is 15.7 Å². The summed E-state index contributed by atoms with van der Waals surface area (Å²) in [6.07, 6.45) is 1.12. The standard InChI is InChI=1S/C11H15BrN2/c1-14(2)8-6-9-10(12)4-3-5-11(9)13-7-8/h3-5,8,13H,6-7H2,1-2H3. The van der Waals surface area contributed by atoms with Crippen molar-refractivity contribution in [2.75, 3.05) is 26.0 Å². The number of nitrogens with zero attached hydrogens (tertiary/aromatic N) is 1. The molecule has 1 aliphatic rings. The van der Waals surface area contributed by atoms with Gasteiger partial charge >= 0.3 is 0 Å². The van der Waals surface area contributed by atoms with Crippen LogP contribution in [0.2, 0.25) is 0 Å². The molecule has 2 nitrogen and oxygen atoms in total. The number of hydrogen-bond donors (Lipinski definition) is 1. The van der Waals surface area contributed by atoms with Crippen LogP contribution in [0.3, 0.4) is 0 Å². The molecule has 2 rings (SSSR count).